The van der Waals surface area contributed by atoms with E-state index in [1.165, 1.54) is 20.7 Å². The van der Waals surface area contributed by atoms with Gasteiger partial charge < -0.3 is 9.67 Å². The molecule has 7 nitrogen and oxygen atoms in total. The molecule has 90 valence electrons. The number of carbonyl (C=O) groups excluding carboxylic acids is 1. The molecule has 1 N–H and O–H groups in total. The van der Waals surface area contributed by atoms with Gasteiger partial charge in [0.2, 0.25) is 0 Å². The zero-order valence-electron chi connectivity index (χ0n) is 9.54. The molecule has 1 aromatic rings. The fraction of sp³-hybridized carbons (Fsp3) is 0.300. The molecule has 2 amide bonds. The van der Waals surface area contributed by atoms with Crippen LogP contribution < -0.4 is 4.90 Å². The van der Waals surface area contributed by atoms with E-state index in [2.05, 4.69) is 11.6 Å². The van der Waals surface area contributed by atoms with E-state index in [1.54, 1.807) is 14.1 Å². The fourth-order valence-corrected chi connectivity index (χ4v) is 1.77. The molecule has 17 heavy (non-hydrogen) atoms. The summed E-state index contributed by atoms with van der Waals surface area (Å²) < 4.78 is 1.46. The van der Waals surface area contributed by atoms with Crippen molar-refractivity contribution in [2.24, 2.45) is 0 Å². The Hall–Kier alpha value is -2.31. The minimum Gasteiger partial charge on any atom is -0.480 e. The quantitative estimate of drug-likeness (QED) is 0.808. The maximum Gasteiger partial charge on any atom is 0.329 e. The Bertz CT molecular complexity index is 520. The summed E-state index contributed by atoms with van der Waals surface area (Å²) in [6, 6.07) is -0.247. The van der Waals surface area contributed by atoms with Crippen LogP contribution in [0.15, 0.2) is 12.9 Å². The van der Waals surface area contributed by atoms with Crippen LogP contribution in [0.2, 0.25) is 0 Å². The highest BCUT2D eigenvalue weighted by Gasteiger charge is 2.32. The van der Waals surface area contributed by atoms with Crippen molar-refractivity contribution in [1.82, 2.24) is 14.5 Å². The molecule has 7 heteroatoms. The first kappa shape index (κ1) is 11.2. The van der Waals surface area contributed by atoms with E-state index in [4.69, 9.17) is 5.11 Å². The van der Waals surface area contributed by atoms with Crippen molar-refractivity contribution < 1.29 is 14.7 Å². The van der Waals surface area contributed by atoms with Gasteiger partial charge >= 0.3 is 12.0 Å². The molecule has 0 spiro atoms. The molecule has 0 fully saturated rings. The van der Waals surface area contributed by atoms with Crippen LogP contribution in [0.5, 0.6) is 0 Å². The number of imidazole rings is 1. The predicted octanol–water partition coefficient (Wildman–Crippen LogP) is 0.440. The zero-order valence-corrected chi connectivity index (χ0v) is 9.54. The van der Waals surface area contributed by atoms with E-state index in [0.717, 1.165) is 0 Å². The first-order chi connectivity index (χ1) is 7.93. The van der Waals surface area contributed by atoms with Gasteiger partial charge in [0.05, 0.1) is 12.0 Å². The molecule has 1 aromatic heterocycles. The number of hydrogen-bond acceptors (Lipinski definition) is 3. The SMILES string of the molecule is C=C1c2c(ncn2CC(=O)O)N(C)C(=O)N1C. The third-order valence-electron chi connectivity index (χ3n) is 2.69. The molecular weight excluding hydrogens is 224 g/mol. The van der Waals surface area contributed by atoms with Crippen LogP contribution in [0.4, 0.5) is 10.6 Å². The van der Waals surface area contributed by atoms with E-state index in [0.29, 0.717) is 17.2 Å². The van der Waals surface area contributed by atoms with Crippen LogP contribution >= 0.6 is 0 Å². The lowest BCUT2D eigenvalue weighted by Gasteiger charge is -2.31. The van der Waals surface area contributed by atoms with Crippen LogP contribution in [0.3, 0.4) is 0 Å². The van der Waals surface area contributed by atoms with Crippen LogP contribution in [0, 0.1) is 0 Å². The number of aliphatic carboxylic acids is 1. The molecule has 0 atom stereocenters. The highest BCUT2D eigenvalue weighted by Crippen LogP contribution is 2.31. The number of nitrogens with zero attached hydrogens (tertiary/aromatic N) is 4. The summed E-state index contributed by atoms with van der Waals surface area (Å²) in [5, 5.41) is 8.78. The standard InChI is InChI=1S/C10H12N4O3/c1-6-8-9(13(3)10(17)12(6)2)11-5-14(8)4-7(15)16/h5H,1,4H2,2-3H3,(H,15,16). The van der Waals surface area contributed by atoms with Crippen molar-refractivity contribution in [1.29, 1.82) is 0 Å². The molecule has 0 aliphatic carbocycles. The smallest absolute Gasteiger partial charge is 0.329 e. The van der Waals surface area contributed by atoms with E-state index in [9.17, 15) is 9.59 Å². The van der Waals surface area contributed by atoms with Gasteiger partial charge in [-0.15, -0.1) is 0 Å². The maximum absolute atomic E-state index is 11.8. The van der Waals surface area contributed by atoms with Gasteiger partial charge in [-0.05, 0) is 0 Å². The van der Waals surface area contributed by atoms with Gasteiger partial charge in [0.15, 0.2) is 5.82 Å². The Morgan fingerprint density at radius 2 is 2.12 bits per heavy atom. The zero-order chi connectivity index (χ0) is 12.7. The summed E-state index contributed by atoms with van der Waals surface area (Å²) in [6.07, 6.45) is 1.40. The largest absolute Gasteiger partial charge is 0.480 e. The number of carboxylic acid groups (broad SMARTS) is 1. The number of aromatic nitrogens is 2. The summed E-state index contributed by atoms with van der Waals surface area (Å²) in [5.41, 5.74) is 0.999. The minimum atomic E-state index is -0.972. The Balaban J connectivity index is 2.53. The van der Waals surface area contributed by atoms with Crippen LogP contribution in [0.1, 0.15) is 5.69 Å². The summed E-state index contributed by atoms with van der Waals surface area (Å²) >= 11 is 0. The number of hydrogen-bond donors (Lipinski definition) is 1. The maximum atomic E-state index is 11.8. The highest BCUT2D eigenvalue weighted by molar-refractivity contribution is 6.02. The first-order valence-corrected chi connectivity index (χ1v) is 4.91. The molecule has 0 radical (unpaired) electrons. The molecule has 0 bridgehead atoms. The van der Waals surface area contributed by atoms with Gasteiger partial charge in [-0.25, -0.2) is 9.78 Å². The van der Waals surface area contributed by atoms with Crippen LogP contribution in [0.25, 0.3) is 5.70 Å². The number of rotatable bonds is 2. The topological polar surface area (TPSA) is 78.7 Å². The second kappa shape index (κ2) is 3.62. The van der Waals surface area contributed by atoms with Gasteiger partial charge in [0, 0.05) is 14.1 Å². The fourth-order valence-electron chi connectivity index (χ4n) is 1.77. The van der Waals surface area contributed by atoms with Gasteiger partial charge in [0.25, 0.3) is 0 Å². The molecule has 2 rings (SSSR count). The normalized spacial score (nSPS) is 15.2. The van der Waals surface area contributed by atoms with Crippen molar-refractivity contribution in [2.45, 2.75) is 6.54 Å². The van der Waals surface area contributed by atoms with Gasteiger partial charge in [0.1, 0.15) is 12.2 Å². The number of carboxylic acids is 1. The van der Waals surface area contributed by atoms with E-state index < -0.39 is 5.97 Å². The molecule has 2 heterocycles. The lowest BCUT2D eigenvalue weighted by Crippen LogP contribution is -2.42. The second-order valence-corrected chi connectivity index (χ2v) is 3.79. The van der Waals surface area contributed by atoms with Crippen LogP contribution in [-0.2, 0) is 11.3 Å². The van der Waals surface area contributed by atoms with Crippen molar-refractivity contribution in [3.05, 3.63) is 18.6 Å². The third-order valence-corrected chi connectivity index (χ3v) is 2.69. The number of fused-ring (bicyclic) bond motifs is 1. The average molecular weight is 236 g/mol. The van der Waals surface area contributed by atoms with Gasteiger partial charge in [-0.3, -0.25) is 14.6 Å². The number of urea groups is 1. The van der Waals surface area contributed by atoms with Crippen molar-refractivity contribution in [3.8, 4) is 0 Å². The Morgan fingerprint density at radius 1 is 1.47 bits per heavy atom. The Kier molecular flexibility index (Phi) is 2.38. The highest BCUT2D eigenvalue weighted by atomic mass is 16.4. The van der Waals surface area contributed by atoms with E-state index >= 15 is 0 Å². The minimum absolute atomic E-state index is 0.211. The molecule has 1 aliphatic rings. The lowest BCUT2D eigenvalue weighted by atomic mass is 10.2. The monoisotopic (exact) mass is 236 g/mol. The number of carbonyl (C=O) groups is 2. The Labute approximate surface area is 97.6 Å². The predicted molar refractivity (Wildman–Crippen MR) is 60.5 cm³/mol. The number of anilines is 1. The van der Waals surface area contributed by atoms with Crippen molar-refractivity contribution in [2.75, 3.05) is 19.0 Å². The summed E-state index contributed by atoms with van der Waals surface area (Å²) in [6.45, 7) is 3.58. The number of amides is 2. The summed E-state index contributed by atoms with van der Waals surface area (Å²) in [7, 11) is 3.17. The van der Waals surface area contributed by atoms with E-state index in [1.807, 2.05) is 0 Å². The summed E-state index contributed by atoms with van der Waals surface area (Å²) in [4.78, 5) is 29.2. The van der Waals surface area contributed by atoms with Gasteiger partial charge in [-0.2, -0.15) is 0 Å². The molecule has 0 unspecified atom stereocenters. The molecule has 0 saturated carbocycles. The first-order valence-electron chi connectivity index (χ1n) is 4.91. The molecule has 0 aromatic carbocycles. The molecule has 0 saturated heterocycles. The second-order valence-electron chi connectivity index (χ2n) is 3.79. The molecular formula is C10H12N4O3. The molecule has 1 aliphatic heterocycles. The Morgan fingerprint density at radius 3 is 2.71 bits per heavy atom. The van der Waals surface area contributed by atoms with Crippen LogP contribution in [-0.4, -0.2) is 45.7 Å². The average Bonchev–Trinajstić information content (AvgIpc) is 2.66. The van der Waals surface area contributed by atoms with Gasteiger partial charge in [-0.1, -0.05) is 6.58 Å². The van der Waals surface area contributed by atoms with E-state index in [-0.39, 0.29) is 12.6 Å². The lowest BCUT2D eigenvalue weighted by molar-refractivity contribution is -0.137. The summed E-state index contributed by atoms with van der Waals surface area (Å²) in [5.74, 6) is -0.542. The van der Waals surface area contributed by atoms with Crippen molar-refractivity contribution >= 4 is 23.5 Å². The third kappa shape index (κ3) is 1.55. The van der Waals surface area contributed by atoms with Crippen molar-refractivity contribution in [3.63, 3.8) is 0 Å².